The number of hydrogen-bond donors (Lipinski definition) is 2. The van der Waals surface area contributed by atoms with Gasteiger partial charge in [-0.1, -0.05) is 52.4 Å². The van der Waals surface area contributed by atoms with E-state index in [9.17, 15) is 0 Å². The minimum Gasteiger partial charge on any atom is -0.307 e. The summed E-state index contributed by atoms with van der Waals surface area (Å²) in [6, 6.07) is 2.15. The molecule has 5 rings (SSSR count). The van der Waals surface area contributed by atoms with E-state index in [1.165, 1.54) is 89.2 Å². The first-order valence-electron chi connectivity index (χ1n) is 11.4. The van der Waals surface area contributed by atoms with Gasteiger partial charge in [0.1, 0.15) is 11.6 Å². The van der Waals surface area contributed by atoms with Gasteiger partial charge in [-0.15, -0.1) is 0 Å². The van der Waals surface area contributed by atoms with Crippen molar-refractivity contribution >= 4 is 11.8 Å². The molecule has 3 aliphatic rings. The summed E-state index contributed by atoms with van der Waals surface area (Å²) in [6.45, 7) is 0. The van der Waals surface area contributed by atoms with E-state index in [0.29, 0.717) is 23.7 Å². The molecule has 2 N–H and O–H groups in total. The quantitative estimate of drug-likeness (QED) is 0.616. The van der Waals surface area contributed by atoms with Crippen LogP contribution in [0.25, 0.3) is 0 Å². The molecule has 2 heterocycles. The van der Waals surface area contributed by atoms with Crippen molar-refractivity contribution in [2.75, 3.05) is 5.32 Å². The number of aromatic nitrogens is 5. The smallest absolute Gasteiger partial charge is 0.231 e. The second-order valence-electron chi connectivity index (χ2n) is 9.01. The van der Waals surface area contributed by atoms with Crippen molar-refractivity contribution in [2.24, 2.45) is 0 Å². The lowest BCUT2D eigenvalue weighted by Gasteiger charge is -2.21. The Bertz CT molecular complexity index is 782. The van der Waals surface area contributed by atoms with Crippen LogP contribution in [0.2, 0.25) is 0 Å². The Morgan fingerprint density at radius 3 is 1.79 bits per heavy atom. The molecule has 29 heavy (non-hydrogen) atoms. The van der Waals surface area contributed by atoms with E-state index in [2.05, 4.69) is 21.6 Å². The molecule has 0 aromatic carbocycles. The van der Waals surface area contributed by atoms with Crippen LogP contribution in [0.1, 0.15) is 126 Å². The fourth-order valence-electron chi connectivity index (χ4n) is 5.34. The lowest BCUT2D eigenvalue weighted by molar-refractivity contribution is 0.425. The average Bonchev–Trinajstić information content (AvgIpc) is 3.50. The summed E-state index contributed by atoms with van der Waals surface area (Å²) >= 11 is 0. The Kier molecular flexibility index (Phi) is 6.46. The molecule has 3 aliphatic carbocycles. The Labute approximate surface area is 174 Å². The number of aromatic amines is 1. The maximum Gasteiger partial charge on any atom is 0.231 e. The summed E-state index contributed by atoms with van der Waals surface area (Å²) in [5.41, 5.74) is 1.25. The molecule has 0 unspecified atom stereocenters. The van der Waals surface area contributed by atoms with E-state index < -0.39 is 0 Å². The van der Waals surface area contributed by atoms with Gasteiger partial charge in [0, 0.05) is 29.5 Å². The van der Waals surface area contributed by atoms with Gasteiger partial charge in [0.15, 0.2) is 5.82 Å². The maximum atomic E-state index is 4.96. The van der Waals surface area contributed by atoms with Crippen LogP contribution in [-0.4, -0.2) is 25.1 Å². The third kappa shape index (κ3) is 4.62. The third-order valence-electron chi connectivity index (χ3n) is 6.99. The van der Waals surface area contributed by atoms with Gasteiger partial charge in [-0.3, -0.25) is 5.10 Å². The fourth-order valence-corrected chi connectivity index (χ4v) is 5.34. The Morgan fingerprint density at radius 1 is 0.690 bits per heavy atom. The molecular formula is C23H36N6. The standard InChI is InChI=1S/C22H32N6.CH4/c1-2-10-16(11-3-1)20-24-21(17-12-6-7-13-17)26-22(25-20)23-19-14-18(27-28-19)15-8-4-5-9-15;/h14-17H,1-13H2,(H2,23,24,25,26,27,28);1H4. The molecule has 6 heteroatoms. The number of rotatable bonds is 5. The molecule has 0 atom stereocenters. The summed E-state index contributed by atoms with van der Waals surface area (Å²) in [4.78, 5) is 14.6. The second kappa shape index (κ2) is 9.23. The summed E-state index contributed by atoms with van der Waals surface area (Å²) in [5.74, 6) is 5.15. The zero-order valence-corrected chi connectivity index (χ0v) is 16.8. The molecule has 158 valence electrons. The van der Waals surface area contributed by atoms with Crippen LogP contribution in [0.3, 0.4) is 0 Å². The normalized spacial score (nSPS) is 21.4. The summed E-state index contributed by atoms with van der Waals surface area (Å²) in [5, 5.41) is 11.1. The Hall–Kier alpha value is -1.98. The molecule has 2 aromatic rings. The molecule has 2 aromatic heterocycles. The molecule has 6 nitrogen and oxygen atoms in total. The molecule has 0 radical (unpaired) electrons. The first-order chi connectivity index (χ1) is 13.8. The van der Waals surface area contributed by atoms with Crippen LogP contribution >= 0.6 is 0 Å². The fraction of sp³-hybridized carbons (Fsp3) is 0.739. The van der Waals surface area contributed by atoms with Gasteiger partial charge in [0.05, 0.1) is 0 Å². The molecule has 3 saturated carbocycles. The molecular weight excluding hydrogens is 360 g/mol. The van der Waals surface area contributed by atoms with Crippen LogP contribution in [0.4, 0.5) is 11.8 Å². The monoisotopic (exact) mass is 396 g/mol. The SMILES string of the molecule is C.c1c(Nc2nc(C3CCCCC3)nc(C3CCCC3)n2)n[nH]c1C1CCCC1. The molecule has 0 aliphatic heterocycles. The van der Waals surface area contributed by atoms with E-state index in [1.807, 2.05) is 0 Å². The highest BCUT2D eigenvalue weighted by atomic mass is 15.2. The summed E-state index contributed by atoms with van der Waals surface area (Å²) < 4.78 is 0. The minimum absolute atomic E-state index is 0. The van der Waals surface area contributed by atoms with Gasteiger partial charge in [0.25, 0.3) is 0 Å². The Morgan fingerprint density at radius 2 is 1.21 bits per heavy atom. The van der Waals surface area contributed by atoms with Crippen LogP contribution < -0.4 is 5.32 Å². The van der Waals surface area contributed by atoms with E-state index >= 15 is 0 Å². The lowest BCUT2D eigenvalue weighted by atomic mass is 9.88. The van der Waals surface area contributed by atoms with Crippen molar-refractivity contribution in [1.29, 1.82) is 0 Å². The highest BCUT2D eigenvalue weighted by Crippen LogP contribution is 2.36. The van der Waals surface area contributed by atoms with Crippen LogP contribution in [0.5, 0.6) is 0 Å². The van der Waals surface area contributed by atoms with Gasteiger partial charge in [-0.25, -0.2) is 4.98 Å². The number of nitrogens with zero attached hydrogens (tertiary/aromatic N) is 4. The van der Waals surface area contributed by atoms with E-state index in [1.54, 1.807) is 0 Å². The van der Waals surface area contributed by atoms with E-state index in [4.69, 9.17) is 15.0 Å². The van der Waals surface area contributed by atoms with Gasteiger partial charge in [0.2, 0.25) is 5.95 Å². The number of anilines is 2. The van der Waals surface area contributed by atoms with Crippen molar-refractivity contribution in [1.82, 2.24) is 25.1 Å². The van der Waals surface area contributed by atoms with Crippen molar-refractivity contribution in [3.05, 3.63) is 23.4 Å². The number of nitrogens with one attached hydrogen (secondary N) is 2. The van der Waals surface area contributed by atoms with Gasteiger partial charge >= 0.3 is 0 Å². The van der Waals surface area contributed by atoms with Gasteiger partial charge in [-0.2, -0.15) is 15.1 Å². The Balaban J connectivity index is 0.00000205. The first-order valence-corrected chi connectivity index (χ1v) is 11.4. The highest BCUT2D eigenvalue weighted by molar-refractivity contribution is 5.48. The largest absolute Gasteiger partial charge is 0.307 e. The van der Waals surface area contributed by atoms with Crippen molar-refractivity contribution in [2.45, 2.75) is 109 Å². The van der Waals surface area contributed by atoms with Crippen molar-refractivity contribution in [3.63, 3.8) is 0 Å². The summed E-state index contributed by atoms with van der Waals surface area (Å²) in [6.07, 6.45) is 16.6. The van der Waals surface area contributed by atoms with Crippen molar-refractivity contribution in [3.8, 4) is 0 Å². The van der Waals surface area contributed by atoms with E-state index in [-0.39, 0.29) is 7.43 Å². The molecule has 3 fully saturated rings. The predicted octanol–water partition coefficient (Wildman–Crippen LogP) is 6.34. The van der Waals surface area contributed by atoms with Crippen molar-refractivity contribution < 1.29 is 0 Å². The highest BCUT2D eigenvalue weighted by Gasteiger charge is 2.25. The zero-order valence-electron chi connectivity index (χ0n) is 16.8. The topological polar surface area (TPSA) is 79.4 Å². The van der Waals surface area contributed by atoms with Gasteiger partial charge < -0.3 is 5.32 Å². The van der Waals surface area contributed by atoms with E-state index in [0.717, 1.165) is 17.5 Å². The third-order valence-corrected chi connectivity index (χ3v) is 6.99. The number of hydrogen-bond acceptors (Lipinski definition) is 5. The van der Waals surface area contributed by atoms with Gasteiger partial charge in [-0.05, 0) is 38.5 Å². The van der Waals surface area contributed by atoms with Crippen LogP contribution in [0.15, 0.2) is 6.07 Å². The molecule has 0 spiro atoms. The summed E-state index contributed by atoms with van der Waals surface area (Å²) in [7, 11) is 0. The second-order valence-corrected chi connectivity index (χ2v) is 9.01. The molecule has 0 bridgehead atoms. The predicted molar refractivity (Wildman–Crippen MR) is 117 cm³/mol. The maximum absolute atomic E-state index is 4.96. The molecule has 0 saturated heterocycles. The minimum atomic E-state index is 0. The van der Waals surface area contributed by atoms with Crippen LogP contribution in [-0.2, 0) is 0 Å². The first kappa shape index (κ1) is 20.3. The average molecular weight is 397 g/mol. The number of H-pyrrole nitrogens is 1. The van der Waals surface area contributed by atoms with Crippen LogP contribution in [0, 0.1) is 0 Å². The molecule has 0 amide bonds. The zero-order chi connectivity index (χ0) is 18.8. The lowest BCUT2D eigenvalue weighted by Crippen LogP contribution is -2.14.